The molecule has 0 spiro atoms. The van der Waals surface area contributed by atoms with Gasteiger partial charge < -0.3 is 14.9 Å². The fraction of sp³-hybridized carbons (Fsp3) is 0.516. The summed E-state index contributed by atoms with van der Waals surface area (Å²) in [6.07, 6.45) is 6.35. The van der Waals surface area contributed by atoms with Gasteiger partial charge in [0.15, 0.2) is 5.82 Å². The number of carbonyl (C=O) groups is 1. The van der Waals surface area contributed by atoms with E-state index in [1.165, 1.54) is 6.07 Å². The molecule has 3 aromatic rings. The fourth-order valence-corrected chi connectivity index (χ4v) is 6.78. The quantitative estimate of drug-likeness (QED) is 0.434. The number of pyridine rings is 2. The summed E-state index contributed by atoms with van der Waals surface area (Å²) in [5.74, 6) is 1.67. The van der Waals surface area contributed by atoms with Crippen molar-refractivity contribution in [3.8, 4) is 11.4 Å². The lowest BCUT2D eigenvalue weighted by molar-refractivity contribution is -0.141. The van der Waals surface area contributed by atoms with E-state index in [0.29, 0.717) is 55.7 Å². The Labute approximate surface area is 243 Å². The third kappa shape index (κ3) is 6.11. The minimum absolute atomic E-state index is 0.0976. The summed E-state index contributed by atoms with van der Waals surface area (Å²) in [6.45, 7) is 2.36. The molecule has 8 nitrogen and oxygen atoms in total. The van der Waals surface area contributed by atoms with Crippen molar-refractivity contribution >= 4 is 11.7 Å². The average molecular weight is 581 g/mol. The van der Waals surface area contributed by atoms with Gasteiger partial charge in [-0.15, -0.1) is 0 Å². The Morgan fingerprint density at radius 1 is 0.929 bits per heavy atom. The van der Waals surface area contributed by atoms with Crippen LogP contribution in [0, 0.1) is 17.8 Å². The Kier molecular flexibility index (Phi) is 7.87. The molecule has 2 atom stereocenters. The highest BCUT2D eigenvalue weighted by Gasteiger charge is 2.40. The van der Waals surface area contributed by atoms with Gasteiger partial charge in [0, 0.05) is 50.3 Å². The lowest BCUT2D eigenvalue weighted by Gasteiger charge is -2.36. The van der Waals surface area contributed by atoms with Crippen LogP contribution in [0.4, 0.5) is 19.0 Å². The molecule has 0 radical (unpaired) electrons. The van der Waals surface area contributed by atoms with Crippen molar-refractivity contribution in [2.75, 3.05) is 31.1 Å². The summed E-state index contributed by atoms with van der Waals surface area (Å²) in [7, 11) is 0. The highest BCUT2D eigenvalue weighted by atomic mass is 19.4. The van der Waals surface area contributed by atoms with E-state index < -0.39 is 17.5 Å². The number of rotatable bonds is 6. The monoisotopic (exact) mass is 580 g/mol. The number of carbonyl (C=O) groups excluding carboxylic acids is 1. The third-order valence-electron chi connectivity index (χ3n) is 9.15. The first-order valence-corrected chi connectivity index (χ1v) is 14.7. The molecule has 222 valence electrons. The molecule has 6 rings (SSSR count). The molecule has 1 amide bonds. The summed E-state index contributed by atoms with van der Waals surface area (Å²) >= 11 is 0. The van der Waals surface area contributed by atoms with Gasteiger partial charge in [0.1, 0.15) is 17.1 Å². The average Bonchev–Trinajstić information content (AvgIpc) is 3.69. The van der Waals surface area contributed by atoms with Crippen LogP contribution in [0.5, 0.6) is 0 Å². The number of alkyl halides is 3. The van der Waals surface area contributed by atoms with Crippen molar-refractivity contribution in [1.29, 1.82) is 0 Å². The van der Waals surface area contributed by atoms with Crippen LogP contribution in [-0.2, 0) is 16.6 Å². The first-order valence-electron chi connectivity index (χ1n) is 14.7. The molecule has 3 aromatic heterocycles. The standard InChI is InChI=1S/C31H35F3N6O2/c32-31(33,34)26-3-1-4-27(38-26)39-16-10-24(20-39)29(41)40-15-9-22(19-40)17-21-7-11-30(42,12-8-21)25-6-5-23(18-37-25)28-35-13-2-14-36-28/h1-6,13-14,18,21-22,24,42H,7-12,15-17,19-20H2. The first-order chi connectivity index (χ1) is 20.2. The molecular weight excluding hydrogens is 545 g/mol. The fourth-order valence-electron chi connectivity index (χ4n) is 6.78. The Morgan fingerprint density at radius 3 is 2.43 bits per heavy atom. The van der Waals surface area contributed by atoms with Crippen molar-refractivity contribution < 1.29 is 23.1 Å². The van der Waals surface area contributed by atoms with E-state index in [9.17, 15) is 23.1 Å². The second-order valence-corrected chi connectivity index (χ2v) is 12.0. The first kappa shape index (κ1) is 28.5. The molecule has 3 aliphatic rings. The van der Waals surface area contributed by atoms with Gasteiger partial charge in [-0.05, 0) is 87.1 Å². The van der Waals surface area contributed by atoms with Crippen LogP contribution in [0.15, 0.2) is 55.0 Å². The molecule has 42 heavy (non-hydrogen) atoms. The topological polar surface area (TPSA) is 95.3 Å². The Morgan fingerprint density at radius 2 is 1.71 bits per heavy atom. The van der Waals surface area contributed by atoms with Crippen molar-refractivity contribution in [3.05, 3.63) is 66.4 Å². The summed E-state index contributed by atoms with van der Waals surface area (Å²) in [5, 5.41) is 11.4. The van der Waals surface area contributed by atoms with Crippen LogP contribution < -0.4 is 4.90 Å². The number of anilines is 1. The van der Waals surface area contributed by atoms with Crippen molar-refractivity contribution in [1.82, 2.24) is 24.8 Å². The normalized spacial score (nSPS) is 26.5. The van der Waals surface area contributed by atoms with Crippen molar-refractivity contribution in [3.63, 3.8) is 0 Å². The van der Waals surface area contributed by atoms with Gasteiger partial charge in [0.2, 0.25) is 5.91 Å². The van der Waals surface area contributed by atoms with E-state index in [2.05, 4.69) is 19.9 Å². The number of aromatic nitrogens is 4. The molecule has 2 unspecified atom stereocenters. The van der Waals surface area contributed by atoms with Crippen molar-refractivity contribution in [2.45, 2.75) is 56.7 Å². The lowest BCUT2D eigenvalue weighted by Crippen LogP contribution is -2.36. The van der Waals surface area contributed by atoms with E-state index in [-0.39, 0.29) is 17.6 Å². The Balaban J connectivity index is 0.977. The number of likely N-dealkylation sites (tertiary alicyclic amines) is 1. The van der Waals surface area contributed by atoms with E-state index in [1.807, 2.05) is 17.0 Å². The zero-order valence-electron chi connectivity index (χ0n) is 23.4. The summed E-state index contributed by atoms with van der Waals surface area (Å²) in [4.78, 5) is 33.9. The van der Waals surface area contributed by atoms with Gasteiger partial charge in [0.05, 0.1) is 11.6 Å². The van der Waals surface area contributed by atoms with Crippen LogP contribution in [-0.4, -0.2) is 62.0 Å². The maximum absolute atomic E-state index is 13.3. The largest absolute Gasteiger partial charge is 0.433 e. The minimum atomic E-state index is -4.49. The molecule has 2 saturated heterocycles. The Bertz CT molecular complexity index is 1380. The van der Waals surface area contributed by atoms with E-state index in [0.717, 1.165) is 50.4 Å². The van der Waals surface area contributed by atoms with Gasteiger partial charge in [0.25, 0.3) is 0 Å². The van der Waals surface area contributed by atoms with Crippen LogP contribution in [0.2, 0.25) is 0 Å². The second kappa shape index (κ2) is 11.6. The van der Waals surface area contributed by atoms with Gasteiger partial charge in [-0.25, -0.2) is 15.0 Å². The second-order valence-electron chi connectivity index (χ2n) is 12.0. The summed E-state index contributed by atoms with van der Waals surface area (Å²) in [5.41, 5.74) is -0.350. The zero-order chi connectivity index (χ0) is 29.3. The molecule has 1 N–H and O–H groups in total. The molecule has 1 saturated carbocycles. The molecule has 1 aliphatic carbocycles. The van der Waals surface area contributed by atoms with Crippen LogP contribution in [0.25, 0.3) is 11.4 Å². The van der Waals surface area contributed by atoms with E-state index in [4.69, 9.17) is 0 Å². The predicted molar refractivity (Wildman–Crippen MR) is 150 cm³/mol. The highest BCUT2D eigenvalue weighted by molar-refractivity contribution is 5.80. The molecule has 11 heteroatoms. The minimum Gasteiger partial charge on any atom is -0.384 e. The van der Waals surface area contributed by atoms with Gasteiger partial charge in [-0.3, -0.25) is 9.78 Å². The number of aliphatic hydroxyl groups is 1. The smallest absolute Gasteiger partial charge is 0.384 e. The molecule has 3 fully saturated rings. The maximum Gasteiger partial charge on any atom is 0.433 e. The molecule has 5 heterocycles. The number of amides is 1. The van der Waals surface area contributed by atoms with Gasteiger partial charge in [-0.1, -0.05) is 6.07 Å². The molecule has 0 bridgehead atoms. The molecule has 2 aliphatic heterocycles. The number of hydrogen-bond donors (Lipinski definition) is 1. The Hall–Kier alpha value is -3.60. The van der Waals surface area contributed by atoms with E-state index in [1.54, 1.807) is 35.6 Å². The van der Waals surface area contributed by atoms with Gasteiger partial charge in [-0.2, -0.15) is 13.2 Å². The van der Waals surface area contributed by atoms with E-state index >= 15 is 0 Å². The third-order valence-corrected chi connectivity index (χ3v) is 9.15. The number of nitrogens with zero attached hydrogens (tertiary/aromatic N) is 6. The summed E-state index contributed by atoms with van der Waals surface area (Å²) in [6, 6.07) is 9.46. The van der Waals surface area contributed by atoms with Crippen LogP contribution >= 0.6 is 0 Å². The highest BCUT2D eigenvalue weighted by Crippen LogP contribution is 2.42. The maximum atomic E-state index is 13.3. The summed E-state index contributed by atoms with van der Waals surface area (Å²) < 4.78 is 39.3. The SMILES string of the molecule is O=C(C1CCN(c2cccc(C(F)(F)F)n2)C1)N1CCC(CC2CCC(O)(c3ccc(-c4ncccn4)cn3)CC2)C1. The predicted octanol–water partition coefficient (Wildman–Crippen LogP) is 5.10. The molecule has 0 aromatic carbocycles. The molecular formula is C31H35F3N6O2. The van der Waals surface area contributed by atoms with Gasteiger partial charge >= 0.3 is 6.18 Å². The lowest BCUT2D eigenvalue weighted by atomic mass is 9.74. The zero-order valence-corrected chi connectivity index (χ0v) is 23.4. The number of halogens is 3. The van der Waals surface area contributed by atoms with Crippen molar-refractivity contribution in [2.24, 2.45) is 17.8 Å². The number of hydrogen-bond acceptors (Lipinski definition) is 7. The van der Waals surface area contributed by atoms with Crippen LogP contribution in [0.3, 0.4) is 0 Å². The van der Waals surface area contributed by atoms with Crippen LogP contribution in [0.1, 0.15) is 56.3 Å².